The Bertz CT molecular complexity index is 534. The van der Waals surface area contributed by atoms with Crippen LogP contribution in [-0.2, 0) is 11.0 Å². The Kier molecular flexibility index (Phi) is 5.12. The molecule has 1 aromatic heterocycles. The molecule has 0 saturated carbocycles. The summed E-state index contributed by atoms with van der Waals surface area (Å²) in [4.78, 5) is 27.1. The van der Waals surface area contributed by atoms with Crippen LogP contribution in [0.25, 0.3) is 0 Å². The highest BCUT2D eigenvalue weighted by Crippen LogP contribution is 2.29. The molecule has 1 aromatic rings. The van der Waals surface area contributed by atoms with Crippen LogP contribution < -0.4 is 5.32 Å². The number of carboxylic acid groups (broad SMARTS) is 1. The lowest BCUT2D eigenvalue weighted by Gasteiger charge is -2.19. The SMILES string of the molecule is CC(CN(C)C(=O)Nc1cc(C(F)(F)F)ccn1)C(=O)O. The molecule has 6 nitrogen and oxygen atoms in total. The summed E-state index contributed by atoms with van der Waals surface area (Å²) in [6.07, 6.45) is -3.61. The monoisotopic (exact) mass is 305 g/mol. The van der Waals surface area contributed by atoms with Crippen molar-refractivity contribution in [1.29, 1.82) is 0 Å². The van der Waals surface area contributed by atoms with Crippen LogP contribution in [0.15, 0.2) is 18.3 Å². The predicted molar refractivity (Wildman–Crippen MR) is 67.7 cm³/mol. The van der Waals surface area contributed by atoms with Gasteiger partial charge in [-0.3, -0.25) is 10.1 Å². The fourth-order valence-corrected chi connectivity index (χ4v) is 1.45. The van der Waals surface area contributed by atoms with Gasteiger partial charge in [0.25, 0.3) is 0 Å². The number of hydrogen-bond donors (Lipinski definition) is 2. The molecule has 116 valence electrons. The Morgan fingerprint density at radius 3 is 2.62 bits per heavy atom. The van der Waals surface area contributed by atoms with Gasteiger partial charge >= 0.3 is 18.2 Å². The van der Waals surface area contributed by atoms with E-state index in [1.165, 1.54) is 14.0 Å². The molecule has 0 saturated heterocycles. The van der Waals surface area contributed by atoms with Crippen LogP contribution in [0, 0.1) is 5.92 Å². The summed E-state index contributed by atoms with van der Waals surface area (Å²) in [5.41, 5.74) is -0.936. The van der Waals surface area contributed by atoms with Gasteiger partial charge < -0.3 is 10.0 Å². The normalized spacial score (nSPS) is 12.6. The molecule has 1 atom stereocenters. The molecule has 21 heavy (non-hydrogen) atoms. The van der Waals surface area contributed by atoms with Gasteiger partial charge in [-0.1, -0.05) is 6.92 Å². The number of alkyl halides is 3. The second kappa shape index (κ2) is 6.42. The number of carbonyl (C=O) groups excluding carboxylic acids is 1. The van der Waals surface area contributed by atoms with Crippen LogP contribution >= 0.6 is 0 Å². The highest BCUT2D eigenvalue weighted by molar-refractivity contribution is 5.88. The van der Waals surface area contributed by atoms with Crippen LogP contribution in [0.3, 0.4) is 0 Å². The van der Waals surface area contributed by atoms with Gasteiger partial charge in [0.2, 0.25) is 0 Å². The maximum Gasteiger partial charge on any atom is 0.416 e. The third-order valence-corrected chi connectivity index (χ3v) is 2.64. The average Bonchev–Trinajstić information content (AvgIpc) is 2.37. The lowest BCUT2D eigenvalue weighted by atomic mass is 10.2. The summed E-state index contributed by atoms with van der Waals surface area (Å²) in [7, 11) is 1.34. The molecule has 0 aliphatic rings. The van der Waals surface area contributed by atoms with Crippen molar-refractivity contribution in [3.05, 3.63) is 23.9 Å². The van der Waals surface area contributed by atoms with E-state index in [0.29, 0.717) is 6.07 Å². The van der Waals surface area contributed by atoms with Crippen molar-refractivity contribution in [2.75, 3.05) is 18.9 Å². The first-order valence-electron chi connectivity index (χ1n) is 5.89. The van der Waals surface area contributed by atoms with Gasteiger partial charge in [-0.05, 0) is 12.1 Å². The second-order valence-corrected chi connectivity index (χ2v) is 4.48. The number of amides is 2. The van der Waals surface area contributed by atoms with E-state index in [9.17, 15) is 22.8 Å². The van der Waals surface area contributed by atoms with E-state index in [0.717, 1.165) is 17.2 Å². The van der Waals surface area contributed by atoms with Gasteiger partial charge in [0.1, 0.15) is 5.82 Å². The van der Waals surface area contributed by atoms with E-state index in [1.807, 2.05) is 0 Å². The maximum absolute atomic E-state index is 12.5. The molecule has 0 bridgehead atoms. The van der Waals surface area contributed by atoms with E-state index < -0.39 is 29.7 Å². The fraction of sp³-hybridized carbons (Fsp3) is 0.417. The summed E-state index contributed by atoms with van der Waals surface area (Å²) < 4.78 is 37.5. The zero-order valence-corrected chi connectivity index (χ0v) is 11.3. The molecule has 1 rings (SSSR count). The van der Waals surface area contributed by atoms with Crippen molar-refractivity contribution >= 4 is 17.8 Å². The number of pyridine rings is 1. The molecule has 1 unspecified atom stereocenters. The average molecular weight is 305 g/mol. The number of urea groups is 1. The van der Waals surface area contributed by atoms with Gasteiger partial charge in [-0.25, -0.2) is 9.78 Å². The zero-order chi connectivity index (χ0) is 16.2. The molecule has 0 aliphatic carbocycles. The molecule has 1 heterocycles. The van der Waals surface area contributed by atoms with E-state index in [4.69, 9.17) is 5.11 Å². The van der Waals surface area contributed by atoms with Gasteiger partial charge in [-0.2, -0.15) is 13.2 Å². The number of nitrogens with one attached hydrogen (secondary N) is 1. The Labute approximate surface area is 118 Å². The first-order chi connectivity index (χ1) is 9.61. The fourth-order valence-electron chi connectivity index (χ4n) is 1.45. The molecule has 9 heteroatoms. The van der Waals surface area contributed by atoms with Crippen molar-refractivity contribution < 1.29 is 27.9 Å². The Balaban J connectivity index is 2.73. The maximum atomic E-state index is 12.5. The summed E-state index contributed by atoms with van der Waals surface area (Å²) in [6, 6.07) is 0.744. The number of nitrogens with zero attached hydrogens (tertiary/aromatic N) is 2. The predicted octanol–water partition coefficient (Wildman–Crippen LogP) is 2.28. The van der Waals surface area contributed by atoms with Gasteiger partial charge in [0.15, 0.2) is 0 Å². The van der Waals surface area contributed by atoms with Crippen LogP contribution in [-0.4, -0.2) is 40.6 Å². The molecular weight excluding hydrogens is 291 g/mol. The van der Waals surface area contributed by atoms with Crippen molar-refractivity contribution in [1.82, 2.24) is 9.88 Å². The summed E-state index contributed by atoms with van der Waals surface area (Å²) in [5.74, 6) is -2.13. The molecule has 2 amide bonds. The van der Waals surface area contributed by atoms with E-state index in [-0.39, 0.29) is 12.4 Å². The van der Waals surface area contributed by atoms with Gasteiger partial charge in [0.05, 0.1) is 11.5 Å². The standard InChI is InChI=1S/C12H14F3N3O3/c1-7(10(19)20)6-18(2)11(21)17-9-5-8(3-4-16-9)12(13,14)15/h3-5,7H,6H2,1-2H3,(H,19,20)(H,16,17,21). The topological polar surface area (TPSA) is 82.5 Å². The number of carbonyl (C=O) groups is 2. The molecule has 0 aliphatic heterocycles. The summed E-state index contributed by atoms with van der Waals surface area (Å²) in [6.45, 7) is 1.33. The Morgan fingerprint density at radius 1 is 1.48 bits per heavy atom. The Hall–Kier alpha value is -2.32. The molecule has 0 aromatic carbocycles. The first-order valence-corrected chi connectivity index (χ1v) is 5.89. The minimum absolute atomic E-state index is 0.0832. The third kappa shape index (κ3) is 4.93. The number of hydrogen-bond acceptors (Lipinski definition) is 3. The summed E-state index contributed by atoms with van der Waals surface area (Å²) >= 11 is 0. The van der Waals surface area contributed by atoms with Crippen molar-refractivity contribution in [3.63, 3.8) is 0 Å². The molecule has 2 N–H and O–H groups in total. The van der Waals surface area contributed by atoms with Crippen LogP contribution in [0.5, 0.6) is 0 Å². The summed E-state index contributed by atoms with van der Waals surface area (Å²) in [5, 5.41) is 10.9. The minimum atomic E-state index is -4.54. The third-order valence-electron chi connectivity index (χ3n) is 2.64. The molecule has 0 fully saturated rings. The van der Waals surface area contributed by atoms with Crippen molar-refractivity contribution in [2.24, 2.45) is 5.92 Å². The zero-order valence-electron chi connectivity index (χ0n) is 11.3. The van der Waals surface area contributed by atoms with Crippen LogP contribution in [0.2, 0.25) is 0 Å². The molecule has 0 radical (unpaired) electrons. The number of halogens is 3. The molecule has 0 spiro atoms. The number of rotatable bonds is 4. The van der Waals surface area contributed by atoms with Crippen LogP contribution in [0.4, 0.5) is 23.8 Å². The lowest BCUT2D eigenvalue weighted by molar-refractivity contribution is -0.141. The first kappa shape index (κ1) is 16.7. The Morgan fingerprint density at radius 2 is 2.10 bits per heavy atom. The second-order valence-electron chi connectivity index (χ2n) is 4.48. The largest absolute Gasteiger partial charge is 0.481 e. The van der Waals surface area contributed by atoms with Gasteiger partial charge in [-0.15, -0.1) is 0 Å². The van der Waals surface area contributed by atoms with Crippen LogP contribution in [0.1, 0.15) is 12.5 Å². The van der Waals surface area contributed by atoms with Crippen molar-refractivity contribution in [2.45, 2.75) is 13.1 Å². The number of carboxylic acids is 1. The highest BCUT2D eigenvalue weighted by atomic mass is 19.4. The quantitative estimate of drug-likeness (QED) is 0.894. The van der Waals surface area contributed by atoms with Crippen molar-refractivity contribution in [3.8, 4) is 0 Å². The van der Waals surface area contributed by atoms with Gasteiger partial charge in [0, 0.05) is 19.8 Å². The van der Waals surface area contributed by atoms with E-state index >= 15 is 0 Å². The number of anilines is 1. The number of aliphatic carboxylic acids is 1. The van der Waals surface area contributed by atoms with E-state index in [2.05, 4.69) is 10.3 Å². The smallest absolute Gasteiger partial charge is 0.416 e. The highest BCUT2D eigenvalue weighted by Gasteiger charge is 2.31. The van der Waals surface area contributed by atoms with E-state index in [1.54, 1.807) is 0 Å². The number of aromatic nitrogens is 1. The molecular formula is C12H14F3N3O3. The minimum Gasteiger partial charge on any atom is -0.481 e. The lowest BCUT2D eigenvalue weighted by Crippen LogP contribution is -2.36.